The second-order valence-corrected chi connectivity index (χ2v) is 9.42. The number of rotatable bonds is 8. The van der Waals surface area contributed by atoms with Crippen LogP contribution in [-0.2, 0) is 19.7 Å². The molecule has 0 aromatic heterocycles. The minimum Gasteiger partial charge on any atom is -0.493 e. The number of morpholine rings is 1. The van der Waals surface area contributed by atoms with Gasteiger partial charge in [-0.3, -0.25) is 9.69 Å². The van der Waals surface area contributed by atoms with E-state index in [4.69, 9.17) is 14.2 Å². The number of amides is 1. The van der Waals surface area contributed by atoms with E-state index in [1.54, 1.807) is 18.2 Å². The van der Waals surface area contributed by atoms with E-state index >= 15 is 0 Å². The summed E-state index contributed by atoms with van der Waals surface area (Å²) in [6, 6.07) is 3.88. The van der Waals surface area contributed by atoms with Gasteiger partial charge in [0.2, 0.25) is 5.91 Å². The van der Waals surface area contributed by atoms with Gasteiger partial charge in [-0.1, -0.05) is 6.07 Å². The van der Waals surface area contributed by atoms with E-state index in [9.17, 15) is 13.2 Å². The van der Waals surface area contributed by atoms with Gasteiger partial charge in [0.05, 0.1) is 33.5 Å². The van der Waals surface area contributed by atoms with Gasteiger partial charge in [-0.15, -0.1) is 0 Å². The molecule has 2 atom stereocenters. The first-order chi connectivity index (χ1) is 14.9. The molecule has 2 saturated heterocycles. The van der Waals surface area contributed by atoms with Crippen molar-refractivity contribution in [3.8, 4) is 11.5 Å². The van der Waals surface area contributed by atoms with E-state index in [1.807, 2.05) is 0 Å². The van der Waals surface area contributed by atoms with Gasteiger partial charge < -0.3 is 19.5 Å². The van der Waals surface area contributed by atoms with Crippen molar-refractivity contribution in [1.82, 2.24) is 19.2 Å². The fourth-order valence-electron chi connectivity index (χ4n) is 3.85. The van der Waals surface area contributed by atoms with Gasteiger partial charge in [-0.25, -0.2) is 0 Å². The van der Waals surface area contributed by atoms with Gasteiger partial charge in [0.15, 0.2) is 11.5 Å². The monoisotopic (exact) mass is 456 g/mol. The average molecular weight is 457 g/mol. The second-order valence-electron chi connectivity index (χ2n) is 7.66. The third-order valence-electron chi connectivity index (χ3n) is 5.73. The topological polar surface area (TPSA) is 109 Å². The van der Waals surface area contributed by atoms with Crippen LogP contribution in [0.15, 0.2) is 18.2 Å². The van der Waals surface area contributed by atoms with Crippen LogP contribution in [0.2, 0.25) is 0 Å². The highest BCUT2D eigenvalue weighted by molar-refractivity contribution is 7.87. The maximum Gasteiger partial charge on any atom is 0.280 e. The summed E-state index contributed by atoms with van der Waals surface area (Å²) in [5, 5.41) is 2.90. The maximum absolute atomic E-state index is 12.8. The number of carbonyl (C=O) groups excluding carboxylic acids is 1. The van der Waals surface area contributed by atoms with Crippen LogP contribution in [0, 0.1) is 0 Å². The summed E-state index contributed by atoms with van der Waals surface area (Å²) in [5.74, 6) is 0.763. The molecule has 1 amide bonds. The molecule has 0 radical (unpaired) electrons. The van der Waals surface area contributed by atoms with Gasteiger partial charge >= 0.3 is 0 Å². The molecule has 2 aliphatic rings. The van der Waals surface area contributed by atoms with Crippen LogP contribution in [0.25, 0.3) is 0 Å². The van der Waals surface area contributed by atoms with E-state index in [0.717, 1.165) is 43.6 Å². The van der Waals surface area contributed by atoms with Crippen molar-refractivity contribution < 1.29 is 27.4 Å². The smallest absolute Gasteiger partial charge is 0.280 e. The van der Waals surface area contributed by atoms with Crippen LogP contribution < -0.4 is 19.5 Å². The third-order valence-corrected chi connectivity index (χ3v) is 7.33. The van der Waals surface area contributed by atoms with Crippen LogP contribution in [0.4, 0.5) is 0 Å². The summed E-state index contributed by atoms with van der Waals surface area (Å²) < 4.78 is 45.0. The summed E-state index contributed by atoms with van der Waals surface area (Å²) >= 11 is 0. The Morgan fingerprint density at radius 2 is 1.94 bits per heavy atom. The third kappa shape index (κ3) is 5.86. The first kappa shape index (κ1) is 23.7. The van der Waals surface area contributed by atoms with Gasteiger partial charge in [-0.2, -0.15) is 17.4 Å². The fraction of sp³-hybridized carbons (Fsp3) is 0.650. The lowest BCUT2D eigenvalue weighted by Gasteiger charge is -2.36. The maximum atomic E-state index is 12.8. The van der Waals surface area contributed by atoms with Crippen LogP contribution in [0.1, 0.15) is 24.4 Å². The van der Waals surface area contributed by atoms with Gasteiger partial charge in [0, 0.05) is 26.7 Å². The van der Waals surface area contributed by atoms with Gasteiger partial charge in [-0.05, 0) is 37.1 Å². The molecule has 3 rings (SSSR count). The van der Waals surface area contributed by atoms with E-state index in [2.05, 4.69) is 14.9 Å². The SMILES string of the molecule is COc1ccc(C2CC(C(=O)NCCCN3CCOCC3)N(C)S(=O)(=O)N2)cc1OC. The predicted octanol–water partition coefficient (Wildman–Crippen LogP) is 0.122. The normalized spacial score (nSPS) is 24.5. The number of nitrogens with one attached hydrogen (secondary N) is 2. The lowest BCUT2D eigenvalue weighted by molar-refractivity contribution is -0.125. The first-order valence-corrected chi connectivity index (χ1v) is 11.8. The van der Waals surface area contributed by atoms with E-state index in [-0.39, 0.29) is 5.91 Å². The molecule has 0 saturated carbocycles. The molecule has 174 valence electrons. The highest BCUT2D eigenvalue weighted by atomic mass is 32.2. The summed E-state index contributed by atoms with van der Waals surface area (Å²) in [4.78, 5) is 15.1. The van der Waals surface area contributed by atoms with Crippen LogP contribution in [0.3, 0.4) is 0 Å². The quantitative estimate of drug-likeness (QED) is 0.535. The van der Waals surface area contributed by atoms with E-state index in [1.165, 1.54) is 21.3 Å². The Labute approximate surface area is 184 Å². The van der Waals surface area contributed by atoms with E-state index in [0.29, 0.717) is 30.0 Å². The lowest BCUT2D eigenvalue weighted by atomic mass is 9.99. The molecule has 2 unspecified atom stereocenters. The Bertz CT molecular complexity index is 859. The molecule has 0 bridgehead atoms. The molecule has 2 aliphatic heterocycles. The molecule has 31 heavy (non-hydrogen) atoms. The second kappa shape index (κ2) is 10.6. The summed E-state index contributed by atoms with van der Waals surface area (Å²) in [6.07, 6.45) is 1.10. The zero-order chi connectivity index (χ0) is 22.4. The molecule has 0 aliphatic carbocycles. The summed E-state index contributed by atoms with van der Waals surface area (Å²) in [6.45, 7) is 4.64. The molecular weight excluding hydrogens is 424 g/mol. The van der Waals surface area contributed by atoms with Crippen molar-refractivity contribution in [3.63, 3.8) is 0 Å². The van der Waals surface area contributed by atoms with Crippen LogP contribution >= 0.6 is 0 Å². The number of carbonyl (C=O) groups is 1. The minimum atomic E-state index is -3.81. The molecule has 2 fully saturated rings. The van der Waals surface area contributed by atoms with Crippen molar-refractivity contribution in [2.24, 2.45) is 0 Å². The highest BCUT2D eigenvalue weighted by Gasteiger charge is 2.40. The number of methoxy groups -OCH3 is 2. The summed E-state index contributed by atoms with van der Waals surface area (Å²) in [7, 11) is 0.673. The Morgan fingerprint density at radius 1 is 1.23 bits per heavy atom. The Morgan fingerprint density at radius 3 is 2.61 bits per heavy atom. The average Bonchev–Trinajstić information content (AvgIpc) is 2.78. The zero-order valence-electron chi connectivity index (χ0n) is 18.3. The van der Waals surface area contributed by atoms with Gasteiger partial charge in [0.1, 0.15) is 6.04 Å². The van der Waals surface area contributed by atoms with Crippen molar-refractivity contribution in [1.29, 1.82) is 0 Å². The largest absolute Gasteiger partial charge is 0.493 e. The van der Waals surface area contributed by atoms with E-state index < -0.39 is 22.3 Å². The number of benzene rings is 1. The Hall–Kier alpha value is -1.92. The molecule has 0 spiro atoms. The Balaban J connectivity index is 1.63. The standard InChI is InChI=1S/C20H32N4O6S/c1-23-17(20(25)21-7-4-8-24-9-11-30-12-10-24)14-16(22-31(23,26)27)15-5-6-18(28-2)19(13-15)29-3/h5-6,13,16-17,22H,4,7-12,14H2,1-3H3,(H,21,25). The van der Waals surface area contributed by atoms with Gasteiger partial charge in [0.25, 0.3) is 10.2 Å². The molecule has 2 N–H and O–H groups in total. The summed E-state index contributed by atoms with van der Waals surface area (Å²) in [5.41, 5.74) is 0.708. The fourth-order valence-corrected chi connectivity index (χ4v) is 5.13. The number of nitrogens with zero attached hydrogens (tertiary/aromatic N) is 2. The number of hydrogen-bond donors (Lipinski definition) is 2. The molecule has 1 aromatic carbocycles. The minimum absolute atomic E-state index is 0.292. The predicted molar refractivity (Wildman–Crippen MR) is 115 cm³/mol. The molecular formula is C20H32N4O6S. The lowest BCUT2D eigenvalue weighted by Crippen LogP contribution is -2.57. The van der Waals surface area contributed by atoms with Crippen LogP contribution in [-0.4, -0.2) is 90.2 Å². The first-order valence-electron chi connectivity index (χ1n) is 10.4. The zero-order valence-corrected chi connectivity index (χ0v) is 19.1. The molecule has 1 aromatic rings. The Kier molecular flexibility index (Phi) is 8.11. The van der Waals surface area contributed by atoms with Crippen molar-refractivity contribution in [2.45, 2.75) is 24.9 Å². The van der Waals surface area contributed by atoms with Crippen molar-refractivity contribution in [3.05, 3.63) is 23.8 Å². The highest BCUT2D eigenvalue weighted by Crippen LogP contribution is 2.34. The van der Waals surface area contributed by atoms with Crippen molar-refractivity contribution >= 4 is 16.1 Å². The number of hydrogen-bond acceptors (Lipinski definition) is 7. The molecule has 2 heterocycles. The number of likely N-dealkylation sites (N-methyl/N-ethyl adjacent to an activating group) is 1. The van der Waals surface area contributed by atoms with Crippen LogP contribution in [0.5, 0.6) is 11.5 Å². The molecule has 10 nitrogen and oxygen atoms in total. The number of ether oxygens (including phenoxy) is 3. The van der Waals surface area contributed by atoms with Crippen molar-refractivity contribution in [2.75, 3.05) is 60.7 Å². The molecule has 11 heteroatoms.